The second-order valence-electron chi connectivity index (χ2n) is 4.82. The number of nitrogens with one attached hydrogen (secondary N) is 1. The predicted octanol–water partition coefficient (Wildman–Crippen LogP) is 2.96. The molecule has 1 aromatic rings. The number of halogens is 3. The summed E-state index contributed by atoms with van der Waals surface area (Å²) in [7, 11) is 1.18. The van der Waals surface area contributed by atoms with Crippen LogP contribution in [0.15, 0.2) is 18.2 Å². The largest absolute Gasteiger partial charge is 0.465 e. The SMILES string of the molecule is COC(=O)c1cc(C(F)(F)F)ccc1C1CCNCC1. The maximum Gasteiger partial charge on any atom is 0.416 e. The van der Waals surface area contributed by atoms with E-state index in [0.29, 0.717) is 5.56 Å². The number of carbonyl (C=O) groups is 1. The molecular formula is C14H16F3NO2. The maximum absolute atomic E-state index is 12.7. The summed E-state index contributed by atoms with van der Waals surface area (Å²) in [6.45, 7) is 1.60. The Labute approximate surface area is 115 Å². The van der Waals surface area contributed by atoms with Crippen LogP contribution in [0, 0.1) is 0 Å². The summed E-state index contributed by atoms with van der Waals surface area (Å²) >= 11 is 0. The number of hydrogen-bond acceptors (Lipinski definition) is 3. The number of esters is 1. The molecule has 0 unspecified atom stereocenters. The van der Waals surface area contributed by atoms with E-state index >= 15 is 0 Å². The molecule has 0 amide bonds. The van der Waals surface area contributed by atoms with E-state index in [-0.39, 0.29) is 11.5 Å². The Kier molecular flexibility index (Phi) is 4.32. The molecule has 110 valence electrons. The highest BCUT2D eigenvalue weighted by atomic mass is 19.4. The monoisotopic (exact) mass is 287 g/mol. The fraction of sp³-hybridized carbons (Fsp3) is 0.500. The zero-order valence-electron chi connectivity index (χ0n) is 11.1. The summed E-state index contributed by atoms with van der Waals surface area (Å²) in [6, 6.07) is 3.33. The minimum Gasteiger partial charge on any atom is -0.465 e. The highest BCUT2D eigenvalue weighted by Crippen LogP contribution is 2.34. The molecule has 0 bridgehead atoms. The molecule has 1 saturated heterocycles. The second-order valence-corrected chi connectivity index (χ2v) is 4.82. The third kappa shape index (κ3) is 3.12. The predicted molar refractivity (Wildman–Crippen MR) is 67.6 cm³/mol. The first kappa shape index (κ1) is 14.8. The van der Waals surface area contributed by atoms with Crippen molar-refractivity contribution in [1.29, 1.82) is 0 Å². The van der Waals surface area contributed by atoms with Crippen molar-refractivity contribution in [2.24, 2.45) is 0 Å². The lowest BCUT2D eigenvalue weighted by molar-refractivity contribution is -0.137. The van der Waals surface area contributed by atoms with Gasteiger partial charge in [0, 0.05) is 0 Å². The number of hydrogen-bond donors (Lipinski definition) is 1. The topological polar surface area (TPSA) is 38.3 Å². The molecule has 1 N–H and O–H groups in total. The van der Waals surface area contributed by atoms with Crippen molar-refractivity contribution in [1.82, 2.24) is 5.32 Å². The van der Waals surface area contributed by atoms with Crippen LogP contribution >= 0.6 is 0 Å². The highest BCUT2D eigenvalue weighted by molar-refractivity contribution is 5.91. The molecule has 1 heterocycles. The molecule has 1 aromatic carbocycles. The molecule has 3 nitrogen and oxygen atoms in total. The van der Waals surface area contributed by atoms with Crippen LogP contribution in [0.3, 0.4) is 0 Å². The standard InChI is InChI=1S/C14H16F3NO2/c1-20-13(19)12-8-10(14(15,16)17)2-3-11(12)9-4-6-18-7-5-9/h2-3,8-9,18H,4-7H2,1H3. The summed E-state index contributed by atoms with van der Waals surface area (Å²) in [6.07, 6.45) is -2.86. The number of rotatable bonds is 2. The Morgan fingerprint density at radius 2 is 1.95 bits per heavy atom. The molecule has 2 rings (SSSR count). The van der Waals surface area contributed by atoms with Gasteiger partial charge in [-0.05, 0) is 49.5 Å². The average Bonchev–Trinajstić information content (AvgIpc) is 2.45. The van der Waals surface area contributed by atoms with Crippen LogP contribution in [0.25, 0.3) is 0 Å². The molecule has 1 aliphatic rings. The van der Waals surface area contributed by atoms with Gasteiger partial charge in [-0.15, -0.1) is 0 Å². The lowest BCUT2D eigenvalue weighted by atomic mass is 9.86. The van der Waals surface area contributed by atoms with Crippen LogP contribution in [0.2, 0.25) is 0 Å². The van der Waals surface area contributed by atoms with E-state index in [9.17, 15) is 18.0 Å². The zero-order chi connectivity index (χ0) is 14.8. The molecule has 0 aromatic heterocycles. The van der Waals surface area contributed by atoms with E-state index in [1.807, 2.05) is 0 Å². The Morgan fingerprint density at radius 1 is 1.30 bits per heavy atom. The van der Waals surface area contributed by atoms with Gasteiger partial charge in [-0.1, -0.05) is 6.07 Å². The smallest absolute Gasteiger partial charge is 0.416 e. The molecule has 0 radical (unpaired) electrons. The first-order chi connectivity index (χ1) is 9.43. The average molecular weight is 287 g/mol. The molecule has 0 atom stereocenters. The Morgan fingerprint density at radius 3 is 2.50 bits per heavy atom. The van der Waals surface area contributed by atoms with Gasteiger partial charge >= 0.3 is 12.1 Å². The minimum atomic E-state index is -4.46. The van der Waals surface area contributed by atoms with Gasteiger partial charge < -0.3 is 10.1 Å². The summed E-state index contributed by atoms with van der Waals surface area (Å²) in [5.74, 6) is -0.628. The van der Waals surface area contributed by atoms with Crippen molar-refractivity contribution in [3.05, 3.63) is 34.9 Å². The van der Waals surface area contributed by atoms with Gasteiger partial charge in [0.25, 0.3) is 0 Å². The van der Waals surface area contributed by atoms with Crippen LogP contribution in [-0.2, 0) is 10.9 Å². The highest BCUT2D eigenvalue weighted by Gasteiger charge is 2.33. The van der Waals surface area contributed by atoms with Gasteiger partial charge in [0.2, 0.25) is 0 Å². The Balaban J connectivity index is 2.42. The van der Waals surface area contributed by atoms with E-state index < -0.39 is 17.7 Å². The maximum atomic E-state index is 12.7. The Hall–Kier alpha value is -1.56. The first-order valence-electron chi connectivity index (χ1n) is 6.43. The van der Waals surface area contributed by atoms with Crippen LogP contribution in [0.4, 0.5) is 13.2 Å². The summed E-state index contributed by atoms with van der Waals surface area (Å²) in [5, 5.41) is 3.19. The number of alkyl halides is 3. The molecule has 1 aliphatic heterocycles. The van der Waals surface area contributed by atoms with Crippen LogP contribution in [-0.4, -0.2) is 26.2 Å². The van der Waals surface area contributed by atoms with Crippen molar-refractivity contribution >= 4 is 5.97 Å². The summed E-state index contributed by atoms with van der Waals surface area (Å²) in [5.41, 5.74) is -0.156. The van der Waals surface area contributed by atoms with E-state index in [4.69, 9.17) is 0 Å². The number of piperidine rings is 1. The normalized spacial score (nSPS) is 17.0. The van der Waals surface area contributed by atoms with Crippen LogP contribution in [0.1, 0.15) is 40.2 Å². The Bertz CT molecular complexity index is 494. The van der Waals surface area contributed by atoms with Crippen molar-refractivity contribution in [2.75, 3.05) is 20.2 Å². The van der Waals surface area contributed by atoms with Crippen LogP contribution < -0.4 is 5.32 Å². The lowest BCUT2D eigenvalue weighted by Crippen LogP contribution is -2.27. The zero-order valence-corrected chi connectivity index (χ0v) is 11.1. The molecule has 20 heavy (non-hydrogen) atoms. The molecule has 0 saturated carbocycles. The fourth-order valence-electron chi connectivity index (χ4n) is 2.51. The molecule has 0 spiro atoms. The molecule has 1 fully saturated rings. The van der Waals surface area contributed by atoms with E-state index in [2.05, 4.69) is 10.1 Å². The third-order valence-corrected chi connectivity index (χ3v) is 3.56. The summed E-state index contributed by atoms with van der Waals surface area (Å²) < 4.78 is 42.9. The van der Waals surface area contributed by atoms with Crippen molar-refractivity contribution in [3.8, 4) is 0 Å². The van der Waals surface area contributed by atoms with Crippen molar-refractivity contribution < 1.29 is 22.7 Å². The lowest BCUT2D eigenvalue weighted by Gasteiger charge is -2.25. The number of carbonyl (C=O) groups excluding carboxylic acids is 1. The van der Waals surface area contributed by atoms with Crippen molar-refractivity contribution in [2.45, 2.75) is 24.9 Å². The van der Waals surface area contributed by atoms with E-state index in [0.717, 1.165) is 38.1 Å². The summed E-state index contributed by atoms with van der Waals surface area (Å²) in [4.78, 5) is 11.8. The number of methoxy groups -OCH3 is 1. The first-order valence-corrected chi connectivity index (χ1v) is 6.43. The quantitative estimate of drug-likeness (QED) is 0.850. The van der Waals surface area contributed by atoms with Crippen molar-refractivity contribution in [3.63, 3.8) is 0 Å². The third-order valence-electron chi connectivity index (χ3n) is 3.56. The minimum absolute atomic E-state index is 0.0224. The molecule has 0 aliphatic carbocycles. The van der Waals surface area contributed by atoms with Gasteiger partial charge in [0.15, 0.2) is 0 Å². The van der Waals surface area contributed by atoms with Gasteiger partial charge in [0.1, 0.15) is 0 Å². The van der Waals surface area contributed by atoms with E-state index in [1.165, 1.54) is 13.2 Å². The van der Waals surface area contributed by atoms with Gasteiger partial charge in [-0.25, -0.2) is 4.79 Å². The number of ether oxygens (including phenoxy) is 1. The van der Waals surface area contributed by atoms with Gasteiger partial charge in [-0.2, -0.15) is 13.2 Å². The van der Waals surface area contributed by atoms with Gasteiger partial charge in [-0.3, -0.25) is 0 Å². The van der Waals surface area contributed by atoms with Crippen LogP contribution in [0.5, 0.6) is 0 Å². The number of benzene rings is 1. The fourth-order valence-corrected chi connectivity index (χ4v) is 2.51. The molecular weight excluding hydrogens is 271 g/mol. The molecule has 6 heteroatoms. The van der Waals surface area contributed by atoms with E-state index in [1.54, 1.807) is 0 Å². The second kappa shape index (κ2) is 5.83. The van der Waals surface area contributed by atoms with Gasteiger partial charge in [0.05, 0.1) is 18.2 Å².